The lowest BCUT2D eigenvalue weighted by Gasteiger charge is -2.24. The van der Waals surface area contributed by atoms with E-state index in [-0.39, 0.29) is 23.5 Å². The first-order chi connectivity index (χ1) is 16.0. The van der Waals surface area contributed by atoms with Gasteiger partial charge in [-0.1, -0.05) is 24.3 Å². The highest BCUT2D eigenvalue weighted by molar-refractivity contribution is 7.14. The highest BCUT2D eigenvalue weighted by Crippen LogP contribution is 2.34. The molecule has 0 bridgehead atoms. The second-order valence-corrected chi connectivity index (χ2v) is 8.49. The third kappa shape index (κ3) is 4.96. The van der Waals surface area contributed by atoms with Crippen LogP contribution in [0.2, 0.25) is 0 Å². The number of carbonyl (C=O) groups excluding carboxylic acids is 2. The van der Waals surface area contributed by atoms with Crippen LogP contribution in [-0.4, -0.2) is 35.4 Å². The summed E-state index contributed by atoms with van der Waals surface area (Å²) in [6.07, 6.45) is 4.98. The highest BCUT2D eigenvalue weighted by atomic mass is 32.1. The summed E-state index contributed by atoms with van der Waals surface area (Å²) < 4.78 is 19.5. The van der Waals surface area contributed by atoms with Crippen molar-refractivity contribution >= 4 is 40.0 Å². The summed E-state index contributed by atoms with van der Waals surface area (Å²) in [6.45, 7) is 2.05. The van der Waals surface area contributed by atoms with E-state index >= 15 is 0 Å². The van der Waals surface area contributed by atoms with Crippen LogP contribution in [0.3, 0.4) is 0 Å². The molecule has 0 saturated carbocycles. The van der Waals surface area contributed by atoms with Crippen molar-refractivity contribution in [3.8, 4) is 5.75 Å². The third-order valence-electron chi connectivity index (χ3n) is 5.54. The van der Waals surface area contributed by atoms with Gasteiger partial charge in [0.05, 0.1) is 24.5 Å². The Hall–Kier alpha value is -3.52. The number of methoxy groups -OCH3 is 1. The first-order valence-corrected chi connectivity index (χ1v) is 11.5. The Morgan fingerprint density at radius 3 is 2.67 bits per heavy atom. The first kappa shape index (κ1) is 22.7. The molecule has 1 unspecified atom stereocenters. The number of anilines is 2. The van der Waals surface area contributed by atoms with E-state index in [0.717, 1.165) is 24.2 Å². The topological polar surface area (TPSA) is 62.7 Å². The zero-order chi connectivity index (χ0) is 23.4. The third-order valence-corrected chi connectivity index (χ3v) is 6.39. The molecule has 1 atom stereocenters. The Kier molecular flexibility index (Phi) is 6.84. The predicted molar refractivity (Wildman–Crippen MR) is 127 cm³/mol. The number of rotatable bonds is 6. The van der Waals surface area contributed by atoms with Crippen LogP contribution in [0.15, 0.2) is 60.0 Å². The van der Waals surface area contributed by atoms with Crippen LogP contribution in [0.1, 0.15) is 37.1 Å². The SMILES string of the molecule is COc1ccc(C2CCCN2C(=O)/C=C/c2csc(N(C(C)=O)c3ccccc3F)n2)cc1. The number of benzene rings is 2. The molecule has 1 saturated heterocycles. The fourth-order valence-corrected chi connectivity index (χ4v) is 4.80. The molecule has 1 fully saturated rings. The molecule has 3 aromatic rings. The van der Waals surface area contributed by atoms with Gasteiger partial charge in [0, 0.05) is 24.9 Å². The van der Waals surface area contributed by atoms with Crippen molar-refractivity contribution in [2.45, 2.75) is 25.8 Å². The Labute approximate surface area is 195 Å². The van der Waals surface area contributed by atoms with Crippen molar-refractivity contribution in [3.05, 3.63) is 77.1 Å². The zero-order valence-corrected chi connectivity index (χ0v) is 19.2. The Bertz CT molecular complexity index is 1180. The molecule has 0 spiro atoms. The van der Waals surface area contributed by atoms with Crippen LogP contribution in [0, 0.1) is 5.82 Å². The molecule has 1 aliphatic heterocycles. The highest BCUT2D eigenvalue weighted by Gasteiger charge is 2.28. The summed E-state index contributed by atoms with van der Waals surface area (Å²) in [5.74, 6) is -0.168. The van der Waals surface area contributed by atoms with E-state index in [4.69, 9.17) is 4.74 Å². The van der Waals surface area contributed by atoms with Crippen LogP contribution in [-0.2, 0) is 9.59 Å². The largest absolute Gasteiger partial charge is 0.497 e. The summed E-state index contributed by atoms with van der Waals surface area (Å²) in [5.41, 5.74) is 1.75. The number of thiazole rings is 1. The minimum absolute atomic E-state index is 0.0216. The summed E-state index contributed by atoms with van der Waals surface area (Å²) in [5, 5.41) is 2.08. The van der Waals surface area contributed by atoms with Gasteiger partial charge < -0.3 is 9.64 Å². The first-order valence-electron chi connectivity index (χ1n) is 10.6. The molecule has 0 aliphatic carbocycles. The number of carbonyl (C=O) groups is 2. The normalized spacial score (nSPS) is 15.7. The van der Waals surface area contributed by atoms with E-state index in [9.17, 15) is 14.0 Å². The van der Waals surface area contributed by atoms with E-state index < -0.39 is 5.82 Å². The number of nitrogens with zero attached hydrogens (tertiary/aromatic N) is 3. The quantitative estimate of drug-likeness (QED) is 0.460. The number of amides is 2. The summed E-state index contributed by atoms with van der Waals surface area (Å²) >= 11 is 1.21. The molecule has 2 aromatic carbocycles. The van der Waals surface area contributed by atoms with Crippen molar-refractivity contribution in [2.75, 3.05) is 18.6 Å². The van der Waals surface area contributed by atoms with Gasteiger partial charge in [0.2, 0.25) is 11.8 Å². The van der Waals surface area contributed by atoms with Crippen LogP contribution >= 0.6 is 11.3 Å². The van der Waals surface area contributed by atoms with Gasteiger partial charge in [-0.2, -0.15) is 0 Å². The number of aromatic nitrogens is 1. The Morgan fingerprint density at radius 2 is 1.97 bits per heavy atom. The Balaban J connectivity index is 1.49. The van der Waals surface area contributed by atoms with Gasteiger partial charge in [0.1, 0.15) is 11.6 Å². The van der Waals surface area contributed by atoms with Crippen molar-refractivity contribution in [2.24, 2.45) is 0 Å². The number of ether oxygens (including phenoxy) is 1. The van der Waals surface area contributed by atoms with Crippen LogP contribution < -0.4 is 9.64 Å². The van der Waals surface area contributed by atoms with E-state index in [1.165, 1.54) is 41.4 Å². The molecule has 0 radical (unpaired) electrons. The summed E-state index contributed by atoms with van der Waals surface area (Å²) in [7, 11) is 1.63. The lowest BCUT2D eigenvalue weighted by molar-refractivity contribution is -0.126. The number of para-hydroxylation sites is 1. The number of hydrogen-bond acceptors (Lipinski definition) is 5. The van der Waals surface area contributed by atoms with Crippen molar-refractivity contribution in [3.63, 3.8) is 0 Å². The fraction of sp³-hybridized carbons (Fsp3) is 0.240. The second-order valence-electron chi connectivity index (χ2n) is 7.66. The monoisotopic (exact) mass is 465 g/mol. The van der Waals surface area contributed by atoms with Gasteiger partial charge in [-0.15, -0.1) is 11.3 Å². The molecule has 6 nitrogen and oxygen atoms in total. The van der Waals surface area contributed by atoms with Gasteiger partial charge in [-0.25, -0.2) is 9.37 Å². The van der Waals surface area contributed by atoms with Crippen LogP contribution in [0.4, 0.5) is 15.2 Å². The molecular formula is C25H24FN3O3S. The molecule has 0 N–H and O–H groups in total. The van der Waals surface area contributed by atoms with E-state index in [1.807, 2.05) is 29.2 Å². The molecule has 4 rings (SSSR count). The summed E-state index contributed by atoms with van der Waals surface area (Å²) in [4.78, 5) is 32.6. The van der Waals surface area contributed by atoms with Crippen molar-refractivity contribution < 1.29 is 18.7 Å². The van der Waals surface area contributed by atoms with Crippen molar-refractivity contribution in [1.29, 1.82) is 0 Å². The second kappa shape index (κ2) is 9.95. The molecule has 8 heteroatoms. The van der Waals surface area contributed by atoms with Crippen LogP contribution in [0.25, 0.3) is 6.08 Å². The lowest BCUT2D eigenvalue weighted by Crippen LogP contribution is -2.28. The minimum Gasteiger partial charge on any atom is -0.497 e. The molecule has 1 aromatic heterocycles. The standard InChI is InChI=1S/C25H24FN3O3S/c1-17(30)29(23-7-4-3-6-21(23)26)25-27-19(16-33-25)11-14-24(31)28-15-5-8-22(28)18-9-12-20(32-2)13-10-18/h3-4,6-7,9-14,16,22H,5,8,15H2,1-2H3/b14-11+. The number of hydrogen-bond donors (Lipinski definition) is 0. The number of likely N-dealkylation sites (tertiary alicyclic amines) is 1. The van der Waals surface area contributed by atoms with Gasteiger partial charge in [0.15, 0.2) is 5.13 Å². The van der Waals surface area contributed by atoms with E-state index in [2.05, 4.69) is 4.98 Å². The van der Waals surface area contributed by atoms with Gasteiger partial charge >= 0.3 is 0 Å². The fourth-order valence-electron chi connectivity index (χ4n) is 3.95. The smallest absolute Gasteiger partial charge is 0.247 e. The lowest BCUT2D eigenvalue weighted by atomic mass is 10.0. The van der Waals surface area contributed by atoms with Gasteiger partial charge in [-0.3, -0.25) is 14.5 Å². The molecular weight excluding hydrogens is 441 g/mol. The number of halogens is 1. The average molecular weight is 466 g/mol. The van der Waals surface area contributed by atoms with Gasteiger partial charge in [-0.05, 0) is 48.7 Å². The molecule has 33 heavy (non-hydrogen) atoms. The summed E-state index contributed by atoms with van der Waals surface area (Å²) in [6, 6.07) is 13.9. The average Bonchev–Trinajstić information content (AvgIpc) is 3.49. The minimum atomic E-state index is -0.506. The molecule has 2 amide bonds. The Morgan fingerprint density at radius 1 is 1.21 bits per heavy atom. The molecule has 1 aliphatic rings. The molecule has 2 heterocycles. The van der Waals surface area contributed by atoms with Gasteiger partial charge in [0.25, 0.3) is 0 Å². The van der Waals surface area contributed by atoms with E-state index in [1.54, 1.807) is 30.7 Å². The van der Waals surface area contributed by atoms with Crippen LogP contribution in [0.5, 0.6) is 5.75 Å². The predicted octanol–water partition coefficient (Wildman–Crippen LogP) is 5.35. The zero-order valence-electron chi connectivity index (χ0n) is 18.4. The maximum Gasteiger partial charge on any atom is 0.247 e. The maximum absolute atomic E-state index is 14.2. The van der Waals surface area contributed by atoms with E-state index in [0.29, 0.717) is 17.4 Å². The molecule has 170 valence electrons. The van der Waals surface area contributed by atoms with Crippen molar-refractivity contribution in [1.82, 2.24) is 9.88 Å². The maximum atomic E-state index is 14.2.